The molecule has 132 valence electrons. The highest BCUT2D eigenvalue weighted by atomic mass is 32.1. The predicted molar refractivity (Wildman–Crippen MR) is 100.0 cm³/mol. The molecule has 0 atom stereocenters. The quantitative estimate of drug-likeness (QED) is 0.713. The van der Waals surface area contributed by atoms with Crippen molar-refractivity contribution in [3.05, 3.63) is 76.5 Å². The molecule has 1 aromatic heterocycles. The van der Waals surface area contributed by atoms with Crippen molar-refractivity contribution in [3.8, 4) is 0 Å². The Bertz CT molecular complexity index is 941. The summed E-state index contributed by atoms with van der Waals surface area (Å²) in [6, 6.07) is 13.3. The number of rotatable bonds is 5. The third-order valence-electron chi connectivity index (χ3n) is 3.55. The van der Waals surface area contributed by atoms with E-state index in [-0.39, 0.29) is 23.9 Å². The number of carbonyl (C=O) groups is 2. The predicted octanol–water partition coefficient (Wildman–Crippen LogP) is 4.02. The first-order valence-corrected chi connectivity index (χ1v) is 8.76. The molecule has 5 nitrogen and oxygen atoms in total. The lowest BCUT2D eigenvalue weighted by molar-refractivity contribution is -0.115. The maximum Gasteiger partial charge on any atom is 0.257 e. The van der Waals surface area contributed by atoms with Gasteiger partial charge in [-0.15, -0.1) is 11.3 Å². The van der Waals surface area contributed by atoms with Gasteiger partial charge in [0.05, 0.1) is 17.8 Å². The number of halogens is 1. The third-order valence-corrected chi connectivity index (χ3v) is 4.35. The number of aryl methyl sites for hydroxylation is 1. The number of amides is 2. The van der Waals surface area contributed by atoms with Gasteiger partial charge in [0.1, 0.15) is 5.82 Å². The minimum absolute atomic E-state index is 0.00884. The molecule has 7 heteroatoms. The van der Waals surface area contributed by atoms with Crippen molar-refractivity contribution in [3.63, 3.8) is 0 Å². The minimum Gasteiger partial charge on any atom is -0.323 e. The molecule has 1 heterocycles. The van der Waals surface area contributed by atoms with Crippen molar-refractivity contribution in [2.24, 2.45) is 0 Å². The molecule has 26 heavy (non-hydrogen) atoms. The maximum atomic E-state index is 13.7. The number of anilines is 2. The lowest BCUT2D eigenvalue weighted by Crippen LogP contribution is -2.16. The van der Waals surface area contributed by atoms with E-state index < -0.39 is 5.82 Å². The van der Waals surface area contributed by atoms with Gasteiger partial charge in [0, 0.05) is 10.9 Å². The van der Waals surface area contributed by atoms with Crippen LogP contribution in [0, 0.1) is 12.7 Å². The molecular weight excluding hydrogens is 353 g/mol. The smallest absolute Gasteiger partial charge is 0.257 e. The van der Waals surface area contributed by atoms with Crippen LogP contribution in [0.5, 0.6) is 0 Å². The molecule has 2 amide bonds. The molecule has 2 N–H and O–H groups in total. The summed E-state index contributed by atoms with van der Waals surface area (Å²) in [5, 5.41) is 7.33. The van der Waals surface area contributed by atoms with E-state index >= 15 is 0 Å². The van der Waals surface area contributed by atoms with Crippen LogP contribution in [-0.4, -0.2) is 16.8 Å². The average molecular weight is 369 g/mol. The van der Waals surface area contributed by atoms with Gasteiger partial charge in [0.15, 0.2) is 5.13 Å². The zero-order valence-electron chi connectivity index (χ0n) is 14.0. The number of thiazole rings is 1. The van der Waals surface area contributed by atoms with E-state index in [0.717, 1.165) is 5.56 Å². The summed E-state index contributed by atoms with van der Waals surface area (Å²) in [5.74, 6) is -1.13. The van der Waals surface area contributed by atoms with E-state index in [0.29, 0.717) is 16.4 Å². The highest BCUT2D eigenvalue weighted by molar-refractivity contribution is 7.14. The van der Waals surface area contributed by atoms with Crippen LogP contribution in [0.2, 0.25) is 0 Å². The summed E-state index contributed by atoms with van der Waals surface area (Å²) < 4.78 is 13.7. The normalized spacial score (nSPS) is 10.4. The van der Waals surface area contributed by atoms with E-state index in [1.165, 1.54) is 17.4 Å². The zero-order valence-corrected chi connectivity index (χ0v) is 14.8. The van der Waals surface area contributed by atoms with Crippen LogP contribution in [0.15, 0.2) is 53.9 Å². The van der Waals surface area contributed by atoms with Gasteiger partial charge in [-0.25, -0.2) is 9.37 Å². The van der Waals surface area contributed by atoms with E-state index in [1.54, 1.807) is 41.8 Å². The number of hydrogen-bond acceptors (Lipinski definition) is 4. The first-order chi connectivity index (χ1) is 12.5. The van der Waals surface area contributed by atoms with Gasteiger partial charge >= 0.3 is 0 Å². The van der Waals surface area contributed by atoms with Crippen LogP contribution in [0.25, 0.3) is 0 Å². The summed E-state index contributed by atoms with van der Waals surface area (Å²) in [7, 11) is 0. The Morgan fingerprint density at radius 3 is 2.65 bits per heavy atom. The van der Waals surface area contributed by atoms with Gasteiger partial charge in [0.2, 0.25) is 5.91 Å². The zero-order chi connectivity index (χ0) is 18.5. The summed E-state index contributed by atoms with van der Waals surface area (Å²) in [4.78, 5) is 28.4. The molecule has 0 fully saturated rings. The van der Waals surface area contributed by atoms with Crippen molar-refractivity contribution in [2.75, 3.05) is 10.6 Å². The summed E-state index contributed by atoms with van der Waals surface area (Å²) in [6.45, 7) is 1.82. The Labute approximate surface area is 153 Å². The largest absolute Gasteiger partial charge is 0.323 e. The number of nitrogens with zero attached hydrogens (tertiary/aromatic N) is 1. The number of nitrogens with one attached hydrogen (secondary N) is 2. The fourth-order valence-corrected chi connectivity index (χ4v) is 3.00. The molecule has 0 bridgehead atoms. The second kappa shape index (κ2) is 7.88. The fourth-order valence-electron chi connectivity index (χ4n) is 2.30. The van der Waals surface area contributed by atoms with Gasteiger partial charge < -0.3 is 5.32 Å². The molecule has 0 aliphatic carbocycles. The first-order valence-electron chi connectivity index (χ1n) is 7.88. The number of hydrogen-bond donors (Lipinski definition) is 2. The molecule has 2 aromatic carbocycles. The SMILES string of the molecule is Cc1ccc(F)c(NC(=O)Cc2csc(NC(=O)c3ccccc3)n2)c1. The first kappa shape index (κ1) is 17.8. The van der Waals surface area contributed by atoms with Gasteiger partial charge in [0.25, 0.3) is 5.91 Å². The average Bonchev–Trinajstić information content (AvgIpc) is 3.05. The van der Waals surface area contributed by atoms with Crippen LogP contribution < -0.4 is 10.6 Å². The van der Waals surface area contributed by atoms with Crippen LogP contribution in [0.4, 0.5) is 15.2 Å². The molecular formula is C19H16FN3O2S. The van der Waals surface area contributed by atoms with Crippen LogP contribution in [0.3, 0.4) is 0 Å². The summed E-state index contributed by atoms with van der Waals surface area (Å²) in [6.07, 6.45) is -0.00884. The van der Waals surface area contributed by atoms with E-state index in [1.807, 2.05) is 13.0 Å². The van der Waals surface area contributed by atoms with Crippen molar-refractivity contribution in [1.82, 2.24) is 4.98 Å². The molecule has 0 saturated heterocycles. The molecule has 0 unspecified atom stereocenters. The Balaban J connectivity index is 1.60. The van der Waals surface area contributed by atoms with Gasteiger partial charge in [-0.1, -0.05) is 24.3 Å². The number of aromatic nitrogens is 1. The Kier molecular flexibility index (Phi) is 5.38. The van der Waals surface area contributed by atoms with Crippen LogP contribution >= 0.6 is 11.3 Å². The maximum absolute atomic E-state index is 13.7. The molecule has 0 spiro atoms. The fraction of sp³-hybridized carbons (Fsp3) is 0.105. The van der Waals surface area contributed by atoms with Crippen molar-refractivity contribution in [2.45, 2.75) is 13.3 Å². The molecule has 0 aliphatic rings. The highest BCUT2D eigenvalue weighted by Gasteiger charge is 2.12. The van der Waals surface area contributed by atoms with Crippen molar-refractivity contribution >= 4 is 34.0 Å². The van der Waals surface area contributed by atoms with Crippen molar-refractivity contribution < 1.29 is 14.0 Å². The summed E-state index contributed by atoms with van der Waals surface area (Å²) in [5.41, 5.74) is 2.02. The second-order valence-corrected chi connectivity index (χ2v) is 6.53. The second-order valence-electron chi connectivity index (χ2n) is 5.67. The van der Waals surface area contributed by atoms with E-state index in [9.17, 15) is 14.0 Å². The van der Waals surface area contributed by atoms with Crippen molar-refractivity contribution in [1.29, 1.82) is 0 Å². The Morgan fingerprint density at radius 1 is 1.12 bits per heavy atom. The third kappa shape index (κ3) is 4.52. The molecule has 0 radical (unpaired) electrons. The molecule has 3 aromatic rings. The lowest BCUT2D eigenvalue weighted by atomic mass is 10.2. The van der Waals surface area contributed by atoms with Crippen LogP contribution in [-0.2, 0) is 11.2 Å². The Morgan fingerprint density at radius 2 is 1.88 bits per heavy atom. The number of carbonyl (C=O) groups excluding carboxylic acids is 2. The van der Waals surface area contributed by atoms with E-state index in [2.05, 4.69) is 15.6 Å². The van der Waals surface area contributed by atoms with Gasteiger partial charge in [-0.2, -0.15) is 0 Å². The summed E-state index contributed by atoms with van der Waals surface area (Å²) >= 11 is 1.23. The van der Waals surface area contributed by atoms with Gasteiger partial charge in [-0.05, 0) is 36.8 Å². The molecule has 0 saturated carbocycles. The monoisotopic (exact) mass is 369 g/mol. The number of benzene rings is 2. The minimum atomic E-state index is -0.488. The van der Waals surface area contributed by atoms with Crippen LogP contribution in [0.1, 0.15) is 21.6 Å². The highest BCUT2D eigenvalue weighted by Crippen LogP contribution is 2.19. The van der Waals surface area contributed by atoms with E-state index in [4.69, 9.17) is 0 Å². The standard InChI is InChI=1S/C19H16FN3O2S/c1-12-7-8-15(20)16(9-12)22-17(24)10-14-11-26-19(21-14)23-18(25)13-5-3-2-4-6-13/h2-9,11H,10H2,1H3,(H,22,24)(H,21,23,25). The molecule has 0 aliphatic heterocycles. The molecule has 3 rings (SSSR count). The lowest BCUT2D eigenvalue weighted by Gasteiger charge is -2.06. The van der Waals surface area contributed by atoms with Gasteiger partial charge in [-0.3, -0.25) is 14.9 Å². The Hall–Kier alpha value is -3.06. The topological polar surface area (TPSA) is 71.1 Å².